The van der Waals surface area contributed by atoms with Crippen LogP contribution in [-0.2, 0) is 14.3 Å². The van der Waals surface area contributed by atoms with Crippen LogP contribution in [0.25, 0.3) is 0 Å². The first-order valence-corrected chi connectivity index (χ1v) is 9.43. The summed E-state index contributed by atoms with van der Waals surface area (Å²) in [6.45, 7) is 0. The van der Waals surface area contributed by atoms with Crippen LogP contribution in [0.2, 0.25) is 0 Å². The van der Waals surface area contributed by atoms with Gasteiger partial charge >= 0.3 is 0 Å². The van der Waals surface area contributed by atoms with Gasteiger partial charge in [-0.25, -0.2) is 0 Å². The molecule has 0 radical (unpaired) electrons. The SMILES string of the molecule is O=C1C(Br)=CC2(C=C1Br)O[C@H](c1ccccc1)[C@@H](c1ccccc1)O2. The summed E-state index contributed by atoms with van der Waals surface area (Å²) in [5.74, 6) is -1.22. The molecule has 2 aromatic rings. The zero-order chi connectivity index (χ0) is 17.4. The maximum atomic E-state index is 12.0. The molecule has 3 nitrogen and oxygen atoms in total. The van der Waals surface area contributed by atoms with Gasteiger partial charge in [0.1, 0.15) is 12.2 Å². The Morgan fingerprint density at radius 3 is 1.52 bits per heavy atom. The number of carbonyl (C=O) groups excluding carboxylic acids is 1. The van der Waals surface area contributed by atoms with E-state index in [2.05, 4.69) is 31.9 Å². The van der Waals surface area contributed by atoms with Crippen molar-refractivity contribution in [2.45, 2.75) is 18.0 Å². The van der Waals surface area contributed by atoms with Crippen LogP contribution >= 0.6 is 31.9 Å². The predicted octanol–water partition coefficient (Wildman–Crippen LogP) is 5.35. The largest absolute Gasteiger partial charge is 0.332 e. The predicted molar refractivity (Wildman–Crippen MR) is 102 cm³/mol. The monoisotopic (exact) mass is 460 g/mol. The molecule has 25 heavy (non-hydrogen) atoms. The number of benzene rings is 2. The van der Waals surface area contributed by atoms with Gasteiger partial charge in [0, 0.05) is 0 Å². The van der Waals surface area contributed by atoms with E-state index in [9.17, 15) is 4.79 Å². The number of allylic oxidation sites excluding steroid dienone is 2. The van der Waals surface area contributed by atoms with Crippen LogP contribution in [0.5, 0.6) is 0 Å². The van der Waals surface area contributed by atoms with E-state index in [0.717, 1.165) is 11.1 Å². The molecule has 1 aliphatic carbocycles. The average Bonchev–Trinajstić information content (AvgIpc) is 3.00. The molecular weight excluding hydrogens is 448 g/mol. The standard InChI is InChI=1S/C20H14Br2O3/c21-15-11-20(12-16(22)17(15)23)24-18(13-7-3-1-4-8-13)19(25-20)14-9-5-2-6-10-14/h1-12,18-19H/t18-,19-/m1/s1. The molecule has 0 amide bonds. The fraction of sp³-hybridized carbons (Fsp3) is 0.150. The van der Waals surface area contributed by atoms with Gasteiger partial charge in [0.2, 0.25) is 11.6 Å². The minimum absolute atomic E-state index is 0.128. The van der Waals surface area contributed by atoms with Crippen LogP contribution in [0, 0.1) is 0 Å². The lowest BCUT2D eigenvalue weighted by molar-refractivity contribution is -0.116. The van der Waals surface area contributed by atoms with Gasteiger partial charge in [-0.2, -0.15) is 0 Å². The molecule has 1 aliphatic heterocycles. The zero-order valence-electron chi connectivity index (χ0n) is 13.1. The van der Waals surface area contributed by atoms with E-state index in [1.165, 1.54) is 0 Å². The Morgan fingerprint density at radius 1 is 0.720 bits per heavy atom. The summed E-state index contributed by atoms with van der Waals surface area (Å²) in [5.41, 5.74) is 2.05. The van der Waals surface area contributed by atoms with Gasteiger partial charge in [-0.1, -0.05) is 60.7 Å². The molecule has 2 atom stereocenters. The first kappa shape index (κ1) is 16.9. The molecule has 0 aromatic heterocycles. The number of hydrogen-bond acceptors (Lipinski definition) is 3. The highest BCUT2D eigenvalue weighted by Gasteiger charge is 2.48. The minimum atomic E-state index is -1.09. The molecule has 1 spiro atoms. The highest BCUT2D eigenvalue weighted by Crippen LogP contribution is 2.50. The highest BCUT2D eigenvalue weighted by atomic mass is 79.9. The third kappa shape index (κ3) is 3.17. The van der Waals surface area contributed by atoms with Crippen LogP contribution in [0.1, 0.15) is 23.3 Å². The second-order valence-electron chi connectivity index (χ2n) is 5.93. The number of halogens is 2. The summed E-state index contributed by atoms with van der Waals surface area (Å²) < 4.78 is 13.5. The summed E-state index contributed by atoms with van der Waals surface area (Å²) >= 11 is 6.62. The summed E-state index contributed by atoms with van der Waals surface area (Å²) in [7, 11) is 0. The van der Waals surface area contributed by atoms with E-state index in [1.807, 2.05) is 60.7 Å². The Kier molecular flexibility index (Phi) is 4.50. The molecule has 1 fully saturated rings. The molecule has 0 saturated carbocycles. The lowest BCUT2D eigenvalue weighted by Gasteiger charge is -2.25. The van der Waals surface area contributed by atoms with Crippen LogP contribution in [-0.4, -0.2) is 11.6 Å². The second kappa shape index (κ2) is 6.65. The molecule has 126 valence electrons. The summed E-state index contributed by atoms with van der Waals surface area (Å²) in [4.78, 5) is 12.0. The van der Waals surface area contributed by atoms with E-state index in [4.69, 9.17) is 9.47 Å². The van der Waals surface area contributed by atoms with Gasteiger partial charge < -0.3 is 9.47 Å². The Bertz CT molecular complexity index is 788. The summed E-state index contributed by atoms with van der Waals surface area (Å²) in [6, 6.07) is 20.0. The van der Waals surface area contributed by atoms with Crippen molar-refractivity contribution in [2.75, 3.05) is 0 Å². The van der Waals surface area contributed by atoms with Crippen LogP contribution < -0.4 is 0 Å². The second-order valence-corrected chi connectivity index (χ2v) is 7.64. The van der Waals surface area contributed by atoms with Crippen molar-refractivity contribution in [3.63, 3.8) is 0 Å². The maximum Gasteiger partial charge on any atom is 0.212 e. The number of ketones is 1. The maximum absolute atomic E-state index is 12.0. The third-order valence-electron chi connectivity index (χ3n) is 4.24. The number of rotatable bonds is 2. The molecule has 2 aromatic carbocycles. The lowest BCUT2D eigenvalue weighted by Crippen LogP contribution is -2.29. The van der Waals surface area contributed by atoms with Gasteiger partial charge in [0.25, 0.3) is 0 Å². The molecule has 4 rings (SSSR count). The van der Waals surface area contributed by atoms with Gasteiger partial charge in [-0.15, -0.1) is 0 Å². The van der Waals surface area contributed by atoms with Crippen molar-refractivity contribution in [1.82, 2.24) is 0 Å². The highest BCUT2D eigenvalue weighted by molar-refractivity contribution is 9.13. The molecule has 1 saturated heterocycles. The van der Waals surface area contributed by atoms with Crippen molar-refractivity contribution >= 4 is 37.6 Å². The Hall–Kier alpha value is -1.53. The van der Waals surface area contributed by atoms with E-state index in [0.29, 0.717) is 8.96 Å². The first-order chi connectivity index (χ1) is 12.1. The van der Waals surface area contributed by atoms with E-state index in [1.54, 1.807) is 12.2 Å². The van der Waals surface area contributed by atoms with Crippen LogP contribution in [0.3, 0.4) is 0 Å². The smallest absolute Gasteiger partial charge is 0.212 e. The van der Waals surface area contributed by atoms with Gasteiger partial charge in [0.05, 0.1) is 8.96 Å². The molecule has 0 bridgehead atoms. The molecule has 1 heterocycles. The van der Waals surface area contributed by atoms with Crippen LogP contribution in [0.15, 0.2) is 81.8 Å². The van der Waals surface area contributed by atoms with Crippen molar-refractivity contribution in [3.8, 4) is 0 Å². The van der Waals surface area contributed by atoms with Gasteiger partial charge in [-0.05, 0) is 55.1 Å². The van der Waals surface area contributed by atoms with Gasteiger partial charge in [0.15, 0.2) is 0 Å². The molecule has 5 heteroatoms. The molecule has 0 N–H and O–H groups in total. The fourth-order valence-corrected chi connectivity index (χ4v) is 4.43. The van der Waals surface area contributed by atoms with Gasteiger partial charge in [-0.3, -0.25) is 4.79 Å². The molecular formula is C20H14Br2O3. The van der Waals surface area contributed by atoms with Crippen LogP contribution in [0.4, 0.5) is 0 Å². The van der Waals surface area contributed by atoms with Crippen molar-refractivity contribution < 1.29 is 14.3 Å². The minimum Gasteiger partial charge on any atom is -0.332 e. The molecule has 2 aliphatic rings. The summed E-state index contributed by atoms with van der Waals surface area (Å²) in [6.07, 6.45) is 2.78. The van der Waals surface area contributed by atoms with E-state index < -0.39 is 5.79 Å². The van der Waals surface area contributed by atoms with E-state index >= 15 is 0 Å². The number of ether oxygens (including phenoxy) is 2. The quantitative estimate of drug-likeness (QED) is 0.604. The van der Waals surface area contributed by atoms with Crippen molar-refractivity contribution in [1.29, 1.82) is 0 Å². The number of Topliss-reactive ketones (excluding diaryl/α,β-unsaturated/α-hetero) is 1. The first-order valence-electron chi connectivity index (χ1n) is 7.85. The van der Waals surface area contributed by atoms with Crippen molar-refractivity contribution in [3.05, 3.63) is 92.9 Å². The lowest BCUT2D eigenvalue weighted by atomic mass is 9.99. The normalized spacial score (nSPS) is 25.0. The third-order valence-corrected chi connectivity index (χ3v) is 5.42. The topological polar surface area (TPSA) is 35.5 Å². The Morgan fingerprint density at radius 2 is 1.12 bits per heavy atom. The van der Waals surface area contributed by atoms with Crippen molar-refractivity contribution in [2.24, 2.45) is 0 Å². The zero-order valence-corrected chi connectivity index (χ0v) is 16.2. The summed E-state index contributed by atoms with van der Waals surface area (Å²) in [5, 5.41) is 0. The van der Waals surface area contributed by atoms with E-state index in [-0.39, 0.29) is 18.0 Å². The average molecular weight is 462 g/mol. The Labute approximate surface area is 162 Å². The molecule has 0 unspecified atom stereocenters. The number of hydrogen-bond donors (Lipinski definition) is 0. The number of carbonyl (C=O) groups is 1. The fourth-order valence-electron chi connectivity index (χ4n) is 3.10. The Balaban J connectivity index is 1.79.